The summed E-state index contributed by atoms with van der Waals surface area (Å²) in [4.78, 5) is 14.2. The van der Waals surface area contributed by atoms with Crippen LogP contribution in [-0.4, -0.2) is 43.2 Å². The average molecular weight is 479 g/mol. The standard InChI is InChI=1S/C24H25F3N2O3S/c1-3-13-28(17-19-9-7-18(2)8-10-19)23(30)20-11-14-29(15-12-20)33(31,32)22-6-4-5-21(16-22)24(25,26)27/h1,4-10,16,20H,11-15,17H2,2H3. The summed E-state index contributed by atoms with van der Waals surface area (Å²) in [5.74, 6) is 1.94. The summed E-state index contributed by atoms with van der Waals surface area (Å²) in [7, 11) is -4.10. The van der Waals surface area contributed by atoms with Crippen LogP contribution in [0.15, 0.2) is 53.4 Å². The Bertz CT molecular complexity index is 1130. The van der Waals surface area contributed by atoms with E-state index >= 15 is 0 Å². The number of hydrogen-bond acceptors (Lipinski definition) is 3. The Morgan fingerprint density at radius 3 is 2.36 bits per heavy atom. The Morgan fingerprint density at radius 1 is 1.15 bits per heavy atom. The summed E-state index contributed by atoms with van der Waals surface area (Å²) in [6.07, 6.45) is 1.35. The van der Waals surface area contributed by atoms with Gasteiger partial charge in [0.15, 0.2) is 0 Å². The van der Waals surface area contributed by atoms with Gasteiger partial charge in [0.1, 0.15) is 0 Å². The van der Waals surface area contributed by atoms with Gasteiger partial charge < -0.3 is 4.90 Å². The molecule has 5 nitrogen and oxygen atoms in total. The number of carbonyl (C=O) groups is 1. The van der Waals surface area contributed by atoms with Crippen molar-refractivity contribution in [3.05, 3.63) is 65.2 Å². The quantitative estimate of drug-likeness (QED) is 0.588. The molecule has 33 heavy (non-hydrogen) atoms. The van der Waals surface area contributed by atoms with Gasteiger partial charge in [-0.2, -0.15) is 17.5 Å². The normalized spacial score (nSPS) is 15.7. The molecule has 1 fully saturated rings. The van der Waals surface area contributed by atoms with Crippen LogP contribution in [0, 0.1) is 25.2 Å². The number of piperidine rings is 1. The molecular weight excluding hydrogens is 453 g/mol. The molecule has 0 saturated carbocycles. The van der Waals surface area contributed by atoms with Crippen LogP contribution in [0.4, 0.5) is 13.2 Å². The average Bonchev–Trinajstić information content (AvgIpc) is 2.79. The number of sulfonamides is 1. The number of benzene rings is 2. The van der Waals surface area contributed by atoms with Gasteiger partial charge in [0.2, 0.25) is 15.9 Å². The summed E-state index contributed by atoms with van der Waals surface area (Å²) < 4.78 is 65.9. The van der Waals surface area contributed by atoms with E-state index in [1.807, 2.05) is 31.2 Å². The number of carbonyl (C=O) groups excluding carboxylic acids is 1. The van der Waals surface area contributed by atoms with Crippen molar-refractivity contribution in [2.24, 2.45) is 5.92 Å². The smallest absolute Gasteiger partial charge is 0.327 e. The summed E-state index contributed by atoms with van der Waals surface area (Å²) in [6, 6.07) is 11.5. The summed E-state index contributed by atoms with van der Waals surface area (Å²) in [5.41, 5.74) is 1.02. The number of halogens is 3. The maximum absolute atomic E-state index is 13.1. The first kappa shape index (κ1) is 24.8. The molecule has 1 aliphatic rings. The van der Waals surface area contributed by atoms with Gasteiger partial charge in [0.25, 0.3) is 0 Å². The van der Waals surface area contributed by atoms with E-state index in [0.717, 1.165) is 33.6 Å². The maximum Gasteiger partial charge on any atom is 0.416 e. The Morgan fingerprint density at radius 2 is 1.79 bits per heavy atom. The minimum Gasteiger partial charge on any atom is -0.327 e. The molecule has 2 aromatic rings. The van der Waals surface area contributed by atoms with Crippen LogP contribution in [0.25, 0.3) is 0 Å². The first-order valence-corrected chi connectivity index (χ1v) is 11.9. The molecule has 0 atom stereocenters. The van der Waals surface area contributed by atoms with E-state index in [4.69, 9.17) is 6.42 Å². The molecule has 0 aliphatic carbocycles. The van der Waals surface area contributed by atoms with E-state index in [-0.39, 0.29) is 38.4 Å². The van der Waals surface area contributed by atoms with Crippen LogP contribution in [-0.2, 0) is 27.5 Å². The highest BCUT2D eigenvalue weighted by atomic mass is 32.2. The maximum atomic E-state index is 13.1. The number of alkyl halides is 3. The minimum absolute atomic E-state index is 0.0451. The molecule has 0 spiro atoms. The van der Waals surface area contributed by atoms with E-state index in [1.54, 1.807) is 4.90 Å². The molecule has 1 saturated heterocycles. The lowest BCUT2D eigenvalue weighted by Gasteiger charge is -2.33. The molecule has 0 unspecified atom stereocenters. The lowest BCUT2D eigenvalue weighted by atomic mass is 9.96. The van der Waals surface area contributed by atoms with Crippen LogP contribution < -0.4 is 0 Å². The fourth-order valence-electron chi connectivity index (χ4n) is 3.82. The van der Waals surface area contributed by atoms with Gasteiger partial charge in [0, 0.05) is 25.6 Å². The van der Waals surface area contributed by atoms with Crippen LogP contribution >= 0.6 is 0 Å². The zero-order chi connectivity index (χ0) is 24.2. The topological polar surface area (TPSA) is 57.7 Å². The van der Waals surface area contributed by atoms with Gasteiger partial charge in [-0.3, -0.25) is 4.79 Å². The summed E-state index contributed by atoms with van der Waals surface area (Å²) >= 11 is 0. The largest absolute Gasteiger partial charge is 0.416 e. The van der Waals surface area contributed by atoms with Gasteiger partial charge in [-0.15, -0.1) is 6.42 Å². The second kappa shape index (κ2) is 9.98. The van der Waals surface area contributed by atoms with Gasteiger partial charge in [-0.05, 0) is 43.5 Å². The zero-order valence-electron chi connectivity index (χ0n) is 18.2. The van der Waals surface area contributed by atoms with Crippen molar-refractivity contribution in [1.82, 2.24) is 9.21 Å². The molecule has 2 aromatic carbocycles. The van der Waals surface area contributed by atoms with Crippen molar-refractivity contribution in [2.75, 3.05) is 19.6 Å². The van der Waals surface area contributed by atoms with Crippen LogP contribution in [0.5, 0.6) is 0 Å². The third-order valence-electron chi connectivity index (χ3n) is 5.69. The highest BCUT2D eigenvalue weighted by Gasteiger charge is 2.36. The van der Waals surface area contributed by atoms with Crippen molar-refractivity contribution in [3.8, 4) is 12.3 Å². The second-order valence-electron chi connectivity index (χ2n) is 8.09. The predicted molar refractivity (Wildman–Crippen MR) is 118 cm³/mol. The highest BCUT2D eigenvalue weighted by Crippen LogP contribution is 2.32. The number of aryl methyl sites for hydroxylation is 1. The van der Waals surface area contributed by atoms with Gasteiger partial charge >= 0.3 is 6.18 Å². The van der Waals surface area contributed by atoms with Gasteiger partial charge in [-0.1, -0.05) is 41.8 Å². The van der Waals surface area contributed by atoms with Gasteiger partial charge in [-0.25, -0.2) is 8.42 Å². The third kappa shape index (κ3) is 5.95. The number of rotatable bonds is 6. The predicted octanol–water partition coefficient (Wildman–Crippen LogP) is 4.08. The van der Waals surface area contributed by atoms with Crippen LogP contribution in [0.1, 0.15) is 29.5 Å². The SMILES string of the molecule is C#CCN(Cc1ccc(C)cc1)C(=O)C1CCN(S(=O)(=O)c2cccc(C(F)(F)F)c2)CC1. The van der Waals surface area contributed by atoms with E-state index in [1.165, 1.54) is 0 Å². The zero-order valence-corrected chi connectivity index (χ0v) is 19.0. The number of nitrogens with zero attached hydrogens (tertiary/aromatic N) is 2. The first-order chi connectivity index (χ1) is 15.5. The highest BCUT2D eigenvalue weighted by molar-refractivity contribution is 7.89. The molecule has 9 heteroatoms. The molecule has 0 radical (unpaired) electrons. The summed E-state index contributed by atoms with van der Waals surface area (Å²) in [5, 5.41) is 0. The third-order valence-corrected chi connectivity index (χ3v) is 7.58. The molecule has 0 aromatic heterocycles. The van der Waals surface area contributed by atoms with E-state index in [2.05, 4.69) is 5.92 Å². The lowest BCUT2D eigenvalue weighted by molar-refractivity contribution is -0.138. The number of hydrogen-bond donors (Lipinski definition) is 0. The van der Waals surface area contributed by atoms with Crippen molar-refractivity contribution >= 4 is 15.9 Å². The number of terminal acetylenes is 1. The van der Waals surface area contributed by atoms with Crippen molar-refractivity contribution in [1.29, 1.82) is 0 Å². The van der Waals surface area contributed by atoms with Crippen LogP contribution in [0.3, 0.4) is 0 Å². The monoisotopic (exact) mass is 478 g/mol. The first-order valence-electron chi connectivity index (χ1n) is 10.5. The second-order valence-corrected chi connectivity index (χ2v) is 10.0. The summed E-state index contributed by atoms with van der Waals surface area (Å²) in [6.45, 7) is 2.55. The molecule has 1 aliphatic heterocycles. The molecule has 0 bridgehead atoms. The van der Waals surface area contributed by atoms with E-state index in [9.17, 15) is 26.4 Å². The fraction of sp³-hybridized carbons (Fsp3) is 0.375. The van der Waals surface area contributed by atoms with Crippen molar-refractivity contribution in [2.45, 2.75) is 37.4 Å². The molecule has 176 valence electrons. The van der Waals surface area contributed by atoms with E-state index in [0.29, 0.717) is 12.6 Å². The molecule has 3 rings (SSSR count). The van der Waals surface area contributed by atoms with Crippen molar-refractivity contribution < 1.29 is 26.4 Å². The Hall–Kier alpha value is -2.83. The minimum atomic E-state index is -4.64. The molecule has 1 heterocycles. The number of amides is 1. The van der Waals surface area contributed by atoms with Crippen molar-refractivity contribution in [3.63, 3.8) is 0 Å². The lowest BCUT2D eigenvalue weighted by Crippen LogP contribution is -2.44. The molecular formula is C24H25F3N2O3S. The Labute approximate surface area is 192 Å². The molecule has 0 N–H and O–H groups in total. The Kier molecular flexibility index (Phi) is 7.50. The molecule has 1 amide bonds. The van der Waals surface area contributed by atoms with Gasteiger partial charge in [0.05, 0.1) is 17.0 Å². The van der Waals surface area contributed by atoms with E-state index < -0.39 is 32.6 Å². The Balaban J connectivity index is 1.68. The van der Waals surface area contributed by atoms with Crippen LogP contribution in [0.2, 0.25) is 0 Å². The fourth-order valence-corrected chi connectivity index (χ4v) is 5.34.